The van der Waals surface area contributed by atoms with Crippen LogP contribution in [0.1, 0.15) is 50.3 Å². The SMILES string of the molecule is CC1CCCC(CN)N1C(C)c1ccccc1C(F)(F)F. The second-order valence-electron chi connectivity index (χ2n) is 5.88. The van der Waals surface area contributed by atoms with Crippen molar-refractivity contribution in [2.45, 2.75) is 57.4 Å². The van der Waals surface area contributed by atoms with Crippen molar-refractivity contribution >= 4 is 0 Å². The minimum atomic E-state index is -4.32. The maximum absolute atomic E-state index is 13.2. The van der Waals surface area contributed by atoms with E-state index < -0.39 is 11.7 Å². The van der Waals surface area contributed by atoms with Gasteiger partial charge in [-0.3, -0.25) is 4.90 Å². The number of nitrogens with two attached hydrogens (primary N) is 1. The molecule has 1 fully saturated rings. The van der Waals surface area contributed by atoms with Crippen LogP contribution in [0.4, 0.5) is 13.2 Å². The highest BCUT2D eigenvalue weighted by Crippen LogP contribution is 2.39. The van der Waals surface area contributed by atoms with E-state index in [1.54, 1.807) is 12.1 Å². The lowest BCUT2D eigenvalue weighted by Crippen LogP contribution is -2.50. The number of nitrogens with zero attached hydrogens (tertiary/aromatic N) is 1. The van der Waals surface area contributed by atoms with Crippen LogP contribution < -0.4 is 5.73 Å². The fourth-order valence-electron chi connectivity index (χ4n) is 3.52. The molecule has 1 saturated heterocycles. The summed E-state index contributed by atoms with van der Waals surface area (Å²) >= 11 is 0. The van der Waals surface area contributed by atoms with Crippen LogP contribution in [0, 0.1) is 0 Å². The highest BCUT2D eigenvalue weighted by molar-refractivity contribution is 5.32. The highest BCUT2D eigenvalue weighted by Gasteiger charge is 2.38. The van der Waals surface area contributed by atoms with Crippen LogP contribution >= 0.6 is 0 Å². The van der Waals surface area contributed by atoms with Gasteiger partial charge < -0.3 is 5.73 Å². The number of rotatable bonds is 3. The van der Waals surface area contributed by atoms with E-state index >= 15 is 0 Å². The molecule has 0 radical (unpaired) electrons. The number of likely N-dealkylation sites (tertiary alicyclic amines) is 1. The second kappa shape index (κ2) is 6.36. The van der Waals surface area contributed by atoms with Crippen LogP contribution in [0.25, 0.3) is 0 Å². The van der Waals surface area contributed by atoms with Gasteiger partial charge in [-0.25, -0.2) is 0 Å². The number of hydrogen-bond donors (Lipinski definition) is 1. The Hall–Kier alpha value is -1.07. The summed E-state index contributed by atoms with van der Waals surface area (Å²) in [5.74, 6) is 0. The molecule has 2 rings (SSSR count). The number of halogens is 3. The van der Waals surface area contributed by atoms with Gasteiger partial charge >= 0.3 is 6.18 Å². The van der Waals surface area contributed by atoms with E-state index in [1.165, 1.54) is 6.07 Å². The lowest BCUT2D eigenvalue weighted by molar-refractivity contribution is -0.139. The first-order valence-corrected chi connectivity index (χ1v) is 7.50. The summed E-state index contributed by atoms with van der Waals surface area (Å²) in [7, 11) is 0. The molecule has 1 aromatic rings. The van der Waals surface area contributed by atoms with Gasteiger partial charge in [0.1, 0.15) is 0 Å². The Morgan fingerprint density at radius 1 is 1.29 bits per heavy atom. The molecule has 0 bridgehead atoms. The maximum Gasteiger partial charge on any atom is 0.416 e. The van der Waals surface area contributed by atoms with Gasteiger partial charge in [0.25, 0.3) is 0 Å². The van der Waals surface area contributed by atoms with Gasteiger partial charge in [0.05, 0.1) is 5.56 Å². The van der Waals surface area contributed by atoms with Crippen molar-refractivity contribution in [1.29, 1.82) is 0 Å². The number of hydrogen-bond acceptors (Lipinski definition) is 2. The molecule has 21 heavy (non-hydrogen) atoms. The van der Waals surface area contributed by atoms with Crippen LogP contribution in [0.3, 0.4) is 0 Å². The summed E-state index contributed by atoms with van der Waals surface area (Å²) in [6.07, 6.45) is -1.26. The molecule has 1 heterocycles. The Balaban J connectivity index is 2.36. The highest BCUT2D eigenvalue weighted by atomic mass is 19.4. The van der Waals surface area contributed by atoms with Gasteiger partial charge in [0, 0.05) is 24.7 Å². The van der Waals surface area contributed by atoms with Gasteiger partial charge in [-0.1, -0.05) is 24.6 Å². The first-order valence-electron chi connectivity index (χ1n) is 7.50. The third-order valence-corrected chi connectivity index (χ3v) is 4.53. The minimum absolute atomic E-state index is 0.157. The average Bonchev–Trinajstić information content (AvgIpc) is 2.45. The lowest BCUT2D eigenvalue weighted by Gasteiger charge is -2.44. The van der Waals surface area contributed by atoms with Gasteiger partial charge in [0.15, 0.2) is 0 Å². The van der Waals surface area contributed by atoms with Crippen LogP contribution in [0.5, 0.6) is 0 Å². The Kier molecular flexibility index (Phi) is 4.94. The van der Waals surface area contributed by atoms with Crippen LogP contribution in [-0.2, 0) is 6.18 Å². The molecule has 118 valence electrons. The van der Waals surface area contributed by atoms with Gasteiger partial charge in [-0.05, 0) is 38.3 Å². The topological polar surface area (TPSA) is 29.3 Å². The molecule has 5 heteroatoms. The van der Waals surface area contributed by atoms with Gasteiger partial charge in [0.2, 0.25) is 0 Å². The molecule has 0 aliphatic carbocycles. The summed E-state index contributed by atoms with van der Waals surface area (Å²) in [6.45, 7) is 4.42. The Bertz CT molecular complexity index is 473. The van der Waals surface area contributed by atoms with Gasteiger partial charge in [-0.2, -0.15) is 13.2 Å². The molecule has 2 N–H and O–H groups in total. The zero-order valence-electron chi connectivity index (χ0n) is 12.5. The summed E-state index contributed by atoms with van der Waals surface area (Å²) in [5.41, 5.74) is 5.64. The third-order valence-electron chi connectivity index (χ3n) is 4.53. The van der Waals surface area contributed by atoms with Crippen molar-refractivity contribution in [1.82, 2.24) is 4.90 Å². The summed E-state index contributed by atoms with van der Waals surface area (Å²) in [5, 5.41) is 0. The van der Waals surface area contributed by atoms with Gasteiger partial charge in [-0.15, -0.1) is 0 Å². The standard InChI is InChI=1S/C16H23F3N2/c1-11-6-5-7-13(10-20)21(11)12(2)14-8-3-4-9-15(14)16(17,18)19/h3-4,8-9,11-13H,5-7,10,20H2,1-2H3. The second-order valence-corrected chi connectivity index (χ2v) is 5.88. The van der Waals surface area contributed by atoms with E-state index in [-0.39, 0.29) is 18.1 Å². The normalized spacial score (nSPS) is 25.8. The molecular formula is C16H23F3N2. The van der Waals surface area contributed by atoms with Crippen molar-refractivity contribution in [2.75, 3.05) is 6.54 Å². The molecule has 0 amide bonds. The summed E-state index contributed by atoms with van der Waals surface area (Å²) in [6, 6.07) is 5.99. The molecular weight excluding hydrogens is 277 g/mol. The largest absolute Gasteiger partial charge is 0.416 e. The zero-order valence-corrected chi connectivity index (χ0v) is 12.5. The predicted molar refractivity (Wildman–Crippen MR) is 77.9 cm³/mol. The average molecular weight is 300 g/mol. The quantitative estimate of drug-likeness (QED) is 0.915. The van der Waals surface area contributed by atoms with Crippen molar-refractivity contribution in [3.05, 3.63) is 35.4 Å². The Morgan fingerprint density at radius 3 is 2.57 bits per heavy atom. The van der Waals surface area contributed by atoms with E-state index in [4.69, 9.17) is 5.73 Å². The fraction of sp³-hybridized carbons (Fsp3) is 0.625. The van der Waals surface area contributed by atoms with E-state index in [0.29, 0.717) is 12.1 Å². The molecule has 0 aromatic heterocycles. The van der Waals surface area contributed by atoms with Crippen LogP contribution in [0.2, 0.25) is 0 Å². The molecule has 3 unspecified atom stereocenters. The predicted octanol–water partition coefficient (Wildman–Crippen LogP) is 3.97. The maximum atomic E-state index is 13.2. The van der Waals surface area contributed by atoms with Crippen molar-refractivity contribution in [3.8, 4) is 0 Å². The molecule has 1 aliphatic rings. The lowest BCUT2D eigenvalue weighted by atomic mass is 9.91. The number of piperidine rings is 1. The zero-order chi connectivity index (χ0) is 15.6. The van der Waals surface area contributed by atoms with Crippen LogP contribution in [-0.4, -0.2) is 23.5 Å². The smallest absolute Gasteiger partial charge is 0.329 e. The van der Waals surface area contributed by atoms with Crippen molar-refractivity contribution in [2.24, 2.45) is 5.73 Å². The van der Waals surface area contributed by atoms with Crippen LogP contribution in [0.15, 0.2) is 24.3 Å². The molecule has 3 atom stereocenters. The first kappa shape index (κ1) is 16.3. The monoisotopic (exact) mass is 300 g/mol. The molecule has 1 aliphatic heterocycles. The van der Waals surface area contributed by atoms with E-state index in [9.17, 15) is 13.2 Å². The molecule has 2 nitrogen and oxygen atoms in total. The minimum Gasteiger partial charge on any atom is -0.329 e. The molecule has 0 spiro atoms. The summed E-state index contributed by atoms with van der Waals surface area (Å²) < 4.78 is 39.6. The Morgan fingerprint density at radius 2 is 1.95 bits per heavy atom. The summed E-state index contributed by atoms with van der Waals surface area (Å²) in [4.78, 5) is 2.16. The van der Waals surface area contributed by atoms with E-state index in [0.717, 1.165) is 25.3 Å². The molecule has 0 saturated carbocycles. The van der Waals surface area contributed by atoms with Crippen molar-refractivity contribution in [3.63, 3.8) is 0 Å². The Labute approximate surface area is 124 Å². The molecule has 1 aromatic carbocycles. The third kappa shape index (κ3) is 3.40. The van der Waals surface area contributed by atoms with Crippen molar-refractivity contribution < 1.29 is 13.2 Å². The number of alkyl halides is 3. The fourth-order valence-corrected chi connectivity index (χ4v) is 3.52. The van der Waals surface area contributed by atoms with E-state index in [2.05, 4.69) is 11.8 Å². The first-order chi connectivity index (χ1) is 9.86. The van der Waals surface area contributed by atoms with E-state index in [1.807, 2.05) is 6.92 Å². The number of benzene rings is 1.